The van der Waals surface area contributed by atoms with Gasteiger partial charge in [0.05, 0.1) is 17.1 Å². The number of rotatable bonds is 6. The van der Waals surface area contributed by atoms with E-state index in [9.17, 15) is 9.59 Å². The molecule has 0 atom stereocenters. The standard InChI is InChI=1S/C20H19N5O3S/c1-13-6-8-14(9-7-13)28-11-17-22-20(24-23-17)29-12-19(27)25-10-18(26)21-15-4-2-3-5-16(15)25/h2-9H,10-12H2,1H3,(H,21,26)(H,22,23,24). The molecule has 1 aliphatic rings. The molecule has 0 aliphatic carbocycles. The lowest BCUT2D eigenvalue weighted by Gasteiger charge is -2.28. The second kappa shape index (κ2) is 8.36. The number of para-hydroxylation sites is 2. The lowest BCUT2D eigenvalue weighted by atomic mass is 10.2. The third-order valence-corrected chi connectivity index (χ3v) is 5.14. The molecule has 2 aromatic carbocycles. The Morgan fingerprint density at radius 2 is 2.00 bits per heavy atom. The zero-order valence-corrected chi connectivity index (χ0v) is 16.5. The summed E-state index contributed by atoms with van der Waals surface area (Å²) in [6.45, 7) is 2.27. The number of carbonyl (C=O) groups is 2. The highest BCUT2D eigenvalue weighted by atomic mass is 32.2. The monoisotopic (exact) mass is 409 g/mol. The van der Waals surface area contributed by atoms with E-state index in [4.69, 9.17) is 4.74 Å². The van der Waals surface area contributed by atoms with E-state index in [0.717, 1.165) is 11.3 Å². The van der Waals surface area contributed by atoms with Crippen LogP contribution < -0.4 is 15.0 Å². The number of thioether (sulfide) groups is 1. The molecule has 1 aromatic heterocycles. The number of hydrogen-bond acceptors (Lipinski definition) is 6. The molecule has 29 heavy (non-hydrogen) atoms. The smallest absolute Gasteiger partial charge is 0.244 e. The minimum Gasteiger partial charge on any atom is -0.486 e. The van der Waals surface area contributed by atoms with E-state index in [1.807, 2.05) is 49.4 Å². The molecule has 2 N–H and O–H groups in total. The van der Waals surface area contributed by atoms with Crippen LogP contribution >= 0.6 is 11.8 Å². The fraction of sp³-hybridized carbons (Fsp3) is 0.200. The van der Waals surface area contributed by atoms with Crippen LogP contribution in [0.1, 0.15) is 11.4 Å². The Bertz CT molecular complexity index is 1030. The summed E-state index contributed by atoms with van der Waals surface area (Å²) in [6, 6.07) is 15.0. The summed E-state index contributed by atoms with van der Waals surface area (Å²) in [5, 5.41) is 10.2. The predicted molar refractivity (Wildman–Crippen MR) is 110 cm³/mol. The van der Waals surface area contributed by atoms with Gasteiger partial charge in [-0.3, -0.25) is 14.7 Å². The van der Waals surface area contributed by atoms with Gasteiger partial charge in [0.2, 0.25) is 17.0 Å². The van der Waals surface area contributed by atoms with Crippen molar-refractivity contribution in [2.24, 2.45) is 0 Å². The highest BCUT2D eigenvalue weighted by Crippen LogP contribution is 2.29. The molecule has 0 spiro atoms. The van der Waals surface area contributed by atoms with Crippen molar-refractivity contribution >= 4 is 35.0 Å². The summed E-state index contributed by atoms with van der Waals surface area (Å²) < 4.78 is 5.67. The van der Waals surface area contributed by atoms with E-state index >= 15 is 0 Å². The van der Waals surface area contributed by atoms with E-state index in [-0.39, 0.29) is 30.7 Å². The normalized spacial score (nSPS) is 13.0. The second-order valence-corrected chi connectivity index (χ2v) is 7.44. The summed E-state index contributed by atoms with van der Waals surface area (Å²) >= 11 is 1.21. The molecule has 2 amide bonds. The third kappa shape index (κ3) is 4.57. The molecule has 1 aliphatic heterocycles. The first-order valence-corrected chi connectivity index (χ1v) is 10.00. The maximum absolute atomic E-state index is 12.7. The number of nitrogens with one attached hydrogen (secondary N) is 2. The number of hydrogen-bond donors (Lipinski definition) is 2. The van der Waals surface area contributed by atoms with Gasteiger partial charge in [-0.15, -0.1) is 5.10 Å². The van der Waals surface area contributed by atoms with Crippen LogP contribution in [0.5, 0.6) is 5.75 Å². The van der Waals surface area contributed by atoms with Gasteiger partial charge < -0.3 is 15.0 Å². The Balaban J connectivity index is 1.33. The fourth-order valence-corrected chi connectivity index (χ4v) is 3.55. The van der Waals surface area contributed by atoms with Crippen molar-refractivity contribution in [1.82, 2.24) is 15.2 Å². The van der Waals surface area contributed by atoms with Crippen molar-refractivity contribution in [3.63, 3.8) is 0 Å². The lowest BCUT2D eigenvalue weighted by molar-refractivity contribution is -0.120. The first kappa shape index (κ1) is 19.0. The number of H-pyrrole nitrogens is 1. The second-order valence-electron chi connectivity index (χ2n) is 6.50. The minimum atomic E-state index is -0.213. The van der Waals surface area contributed by atoms with E-state index in [1.165, 1.54) is 16.7 Å². The molecule has 0 radical (unpaired) electrons. The Morgan fingerprint density at radius 3 is 2.83 bits per heavy atom. The van der Waals surface area contributed by atoms with Gasteiger partial charge in [-0.25, -0.2) is 4.98 Å². The summed E-state index contributed by atoms with van der Waals surface area (Å²) in [6.07, 6.45) is 0. The molecular weight excluding hydrogens is 390 g/mol. The molecule has 0 fully saturated rings. The van der Waals surface area contributed by atoms with Crippen molar-refractivity contribution in [3.8, 4) is 5.75 Å². The summed E-state index contributed by atoms with van der Waals surface area (Å²) in [5.41, 5.74) is 2.49. The number of amides is 2. The van der Waals surface area contributed by atoms with E-state index in [2.05, 4.69) is 20.5 Å². The highest BCUT2D eigenvalue weighted by molar-refractivity contribution is 7.99. The number of benzene rings is 2. The van der Waals surface area contributed by atoms with Crippen molar-refractivity contribution in [2.75, 3.05) is 22.5 Å². The third-order valence-electron chi connectivity index (χ3n) is 4.30. The van der Waals surface area contributed by atoms with Crippen LogP contribution in [0.3, 0.4) is 0 Å². The maximum Gasteiger partial charge on any atom is 0.244 e. The molecule has 9 heteroatoms. The SMILES string of the molecule is Cc1ccc(OCc2nc(SCC(=O)N3CC(=O)Nc4ccccc43)n[nH]2)cc1. The molecule has 0 saturated heterocycles. The Morgan fingerprint density at radius 1 is 1.21 bits per heavy atom. The predicted octanol–water partition coefficient (Wildman–Crippen LogP) is 2.77. The number of carbonyl (C=O) groups excluding carboxylic acids is 2. The topological polar surface area (TPSA) is 100 Å². The van der Waals surface area contributed by atoms with Gasteiger partial charge in [-0.1, -0.05) is 41.6 Å². The van der Waals surface area contributed by atoms with Gasteiger partial charge in [0.15, 0.2) is 5.82 Å². The van der Waals surface area contributed by atoms with Crippen LogP contribution in [-0.2, 0) is 16.2 Å². The number of aromatic nitrogens is 3. The molecule has 0 bridgehead atoms. The molecule has 8 nitrogen and oxygen atoms in total. The highest BCUT2D eigenvalue weighted by Gasteiger charge is 2.26. The molecule has 3 aromatic rings. The minimum absolute atomic E-state index is 0.0000403. The first-order valence-electron chi connectivity index (χ1n) is 9.01. The quantitative estimate of drug-likeness (QED) is 0.607. The van der Waals surface area contributed by atoms with Gasteiger partial charge >= 0.3 is 0 Å². The lowest BCUT2D eigenvalue weighted by Crippen LogP contribution is -2.43. The van der Waals surface area contributed by atoms with Gasteiger partial charge in [0.1, 0.15) is 18.9 Å². The molecule has 148 valence electrons. The fourth-order valence-electron chi connectivity index (χ4n) is 2.85. The van der Waals surface area contributed by atoms with E-state index in [0.29, 0.717) is 22.4 Å². The molecule has 0 unspecified atom stereocenters. The Labute approximate surface area is 171 Å². The van der Waals surface area contributed by atoms with Crippen molar-refractivity contribution < 1.29 is 14.3 Å². The van der Waals surface area contributed by atoms with Gasteiger partial charge in [0, 0.05) is 0 Å². The van der Waals surface area contributed by atoms with Crippen LogP contribution in [0, 0.1) is 6.92 Å². The number of anilines is 2. The number of nitrogens with zero attached hydrogens (tertiary/aromatic N) is 3. The molecule has 0 saturated carbocycles. The molecule has 4 rings (SSSR count). The van der Waals surface area contributed by atoms with Gasteiger partial charge in [-0.2, -0.15) is 0 Å². The van der Waals surface area contributed by atoms with Crippen LogP contribution in [0.15, 0.2) is 53.7 Å². The van der Waals surface area contributed by atoms with Crippen molar-refractivity contribution in [3.05, 3.63) is 59.9 Å². The van der Waals surface area contributed by atoms with E-state index in [1.54, 1.807) is 6.07 Å². The summed E-state index contributed by atoms with van der Waals surface area (Å²) in [5.74, 6) is 1.05. The average Bonchev–Trinajstić information content (AvgIpc) is 3.19. The Kier molecular flexibility index (Phi) is 5.48. The van der Waals surface area contributed by atoms with Crippen molar-refractivity contribution in [2.45, 2.75) is 18.7 Å². The number of aromatic amines is 1. The van der Waals surface area contributed by atoms with Gasteiger partial charge in [-0.05, 0) is 31.2 Å². The maximum atomic E-state index is 12.7. The Hall–Kier alpha value is -3.33. The first-order chi connectivity index (χ1) is 14.1. The zero-order chi connectivity index (χ0) is 20.2. The van der Waals surface area contributed by atoms with E-state index < -0.39 is 0 Å². The molecular formula is C20H19N5O3S. The number of ether oxygens (including phenoxy) is 1. The van der Waals surface area contributed by atoms with Gasteiger partial charge in [0.25, 0.3) is 0 Å². The van der Waals surface area contributed by atoms with Crippen LogP contribution in [-0.4, -0.2) is 39.3 Å². The van der Waals surface area contributed by atoms with Crippen molar-refractivity contribution in [1.29, 1.82) is 0 Å². The van der Waals surface area contributed by atoms with Crippen LogP contribution in [0.2, 0.25) is 0 Å². The van der Waals surface area contributed by atoms with Crippen LogP contribution in [0.25, 0.3) is 0 Å². The molecule has 2 heterocycles. The number of aryl methyl sites for hydroxylation is 1. The zero-order valence-electron chi connectivity index (χ0n) is 15.7. The largest absolute Gasteiger partial charge is 0.486 e. The average molecular weight is 409 g/mol. The summed E-state index contributed by atoms with van der Waals surface area (Å²) in [4.78, 5) is 30.4. The summed E-state index contributed by atoms with van der Waals surface area (Å²) in [7, 11) is 0. The number of fused-ring (bicyclic) bond motifs is 1. The van der Waals surface area contributed by atoms with Crippen LogP contribution in [0.4, 0.5) is 11.4 Å².